The van der Waals surface area contributed by atoms with Crippen LogP contribution in [0.1, 0.15) is 20.7 Å². The number of fused-ring (bicyclic) bond motifs is 1. The van der Waals surface area contributed by atoms with Crippen LogP contribution in [0.15, 0.2) is 66.7 Å². The normalized spacial score (nSPS) is 14.4. The summed E-state index contributed by atoms with van der Waals surface area (Å²) in [6, 6.07) is 20.7. The van der Waals surface area contributed by atoms with Crippen molar-refractivity contribution in [3.05, 3.63) is 77.9 Å². The number of amides is 1. The molecule has 0 aliphatic carbocycles. The number of carbonyl (C=O) groups excluding carboxylic acids is 2. The first kappa shape index (κ1) is 17.1. The molecule has 4 rings (SSSR count). The molecule has 5 heteroatoms. The Kier molecular flexibility index (Phi) is 4.50. The van der Waals surface area contributed by atoms with E-state index in [4.69, 9.17) is 0 Å². The number of carboxylic acids is 1. The van der Waals surface area contributed by atoms with E-state index in [1.165, 1.54) is 22.9 Å². The summed E-state index contributed by atoms with van der Waals surface area (Å²) < 4.78 is 0. The summed E-state index contributed by atoms with van der Waals surface area (Å²) in [6.07, 6.45) is 0. The number of hydrogen-bond donors (Lipinski definition) is 0. The lowest BCUT2D eigenvalue weighted by molar-refractivity contribution is -0.255. The van der Waals surface area contributed by atoms with Gasteiger partial charge in [-0.25, -0.2) is 0 Å². The zero-order chi connectivity index (χ0) is 18.8. The lowest BCUT2D eigenvalue weighted by atomic mass is 10.1. The summed E-state index contributed by atoms with van der Waals surface area (Å²) in [6.45, 7) is 2.68. The van der Waals surface area contributed by atoms with Gasteiger partial charge in [-0.2, -0.15) is 0 Å². The van der Waals surface area contributed by atoms with Crippen molar-refractivity contribution >= 4 is 28.3 Å². The Morgan fingerprint density at radius 1 is 0.741 bits per heavy atom. The molecule has 0 atom stereocenters. The summed E-state index contributed by atoms with van der Waals surface area (Å²) in [5.74, 6) is -1.41. The van der Waals surface area contributed by atoms with Crippen LogP contribution in [-0.4, -0.2) is 43.0 Å². The number of carbonyl (C=O) groups is 2. The lowest BCUT2D eigenvalue weighted by Crippen LogP contribution is -2.48. The zero-order valence-corrected chi connectivity index (χ0v) is 14.8. The van der Waals surface area contributed by atoms with Crippen LogP contribution in [0.25, 0.3) is 10.8 Å². The fraction of sp³-hybridized carbons (Fsp3) is 0.182. The summed E-state index contributed by atoms with van der Waals surface area (Å²) in [5, 5.41) is 13.4. The van der Waals surface area contributed by atoms with Gasteiger partial charge < -0.3 is 19.7 Å². The molecule has 0 bridgehead atoms. The highest BCUT2D eigenvalue weighted by Gasteiger charge is 2.22. The average molecular weight is 359 g/mol. The minimum Gasteiger partial charge on any atom is -0.545 e. The molecule has 3 aromatic rings. The van der Waals surface area contributed by atoms with Gasteiger partial charge in [0.2, 0.25) is 0 Å². The highest BCUT2D eigenvalue weighted by molar-refractivity contribution is 5.97. The van der Waals surface area contributed by atoms with Crippen molar-refractivity contribution in [1.29, 1.82) is 0 Å². The second-order valence-corrected chi connectivity index (χ2v) is 6.68. The van der Waals surface area contributed by atoms with E-state index >= 15 is 0 Å². The van der Waals surface area contributed by atoms with Gasteiger partial charge in [-0.3, -0.25) is 4.79 Å². The quantitative estimate of drug-likeness (QED) is 0.719. The minimum atomic E-state index is -1.27. The predicted octanol–water partition coefficient (Wildman–Crippen LogP) is 2.17. The number of piperazine rings is 1. The fourth-order valence-electron chi connectivity index (χ4n) is 3.50. The standard InChI is InChI=1S/C22H20N2O3/c25-21(18-6-3-7-19(14-18)22(26)27)24-12-10-23(11-13-24)20-9-8-16-4-1-2-5-17(16)15-20/h1-9,14-15H,10-13H2,(H,26,27)/p-1. The van der Waals surface area contributed by atoms with Crippen LogP contribution in [-0.2, 0) is 0 Å². The molecule has 0 unspecified atom stereocenters. The van der Waals surface area contributed by atoms with E-state index in [1.807, 2.05) is 12.1 Å². The maximum atomic E-state index is 12.7. The van der Waals surface area contributed by atoms with Crippen molar-refractivity contribution in [2.24, 2.45) is 0 Å². The number of anilines is 1. The molecule has 1 aliphatic heterocycles. The molecule has 3 aromatic carbocycles. The number of rotatable bonds is 3. The first-order valence-electron chi connectivity index (χ1n) is 8.96. The molecule has 1 amide bonds. The van der Waals surface area contributed by atoms with Crippen LogP contribution < -0.4 is 10.0 Å². The van der Waals surface area contributed by atoms with E-state index in [0.717, 1.165) is 18.8 Å². The minimum absolute atomic E-state index is 0.0237. The molecule has 0 radical (unpaired) electrons. The Morgan fingerprint density at radius 3 is 2.19 bits per heavy atom. The maximum Gasteiger partial charge on any atom is 0.253 e. The highest BCUT2D eigenvalue weighted by atomic mass is 16.4. The van der Waals surface area contributed by atoms with Gasteiger partial charge in [-0.15, -0.1) is 0 Å². The van der Waals surface area contributed by atoms with E-state index in [9.17, 15) is 14.7 Å². The topological polar surface area (TPSA) is 63.7 Å². The molecule has 27 heavy (non-hydrogen) atoms. The smallest absolute Gasteiger partial charge is 0.253 e. The number of carboxylic acid groups (broad SMARTS) is 1. The van der Waals surface area contributed by atoms with Gasteiger partial charge in [0.25, 0.3) is 5.91 Å². The third kappa shape index (κ3) is 3.49. The van der Waals surface area contributed by atoms with Gasteiger partial charge in [0.1, 0.15) is 0 Å². The average Bonchev–Trinajstić information content (AvgIpc) is 2.73. The van der Waals surface area contributed by atoms with E-state index in [-0.39, 0.29) is 11.5 Å². The van der Waals surface area contributed by atoms with Crippen molar-refractivity contribution in [3.8, 4) is 0 Å². The number of aromatic carboxylic acids is 1. The van der Waals surface area contributed by atoms with Crippen LogP contribution in [0, 0.1) is 0 Å². The van der Waals surface area contributed by atoms with Gasteiger partial charge in [-0.05, 0) is 40.6 Å². The van der Waals surface area contributed by atoms with Gasteiger partial charge in [0.15, 0.2) is 0 Å². The van der Waals surface area contributed by atoms with E-state index in [2.05, 4.69) is 35.2 Å². The molecule has 5 nitrogen and oxygen atoms in total. The molecule has 1 saturated heterocycles. The lowest BCUT2D eigenvalue weighted by Gasteiger charge is -2.36. The molecule has 136 valence electrons. The van der Waals surface area contributed by atoms with Gasteiger partial charge >= 0.3 is 0 Å². The SMILES string of the molecule is O=C([O-])c1cccc(C(=O)N2CCN(c3ccc4ccccc4c3)CC2)c1. The Hall–Kier alpha value is -3.34. The number of hydrogen-bond acceptors (Lipinski definition) is 4. The first-order valence-corrected chi connectivity index (χ1v) is 8.96. The largest absolute Gasteiger partial charge is 0.545 e. The van der Waals surface area contributed by atoms with E-state index < -0.39 is 5.97 Å². The summed E-state index contributed by atoms with van der Waals surface area (Å²) in [7, 11) is 0. The van der Waals surface area contributed by atoms with Crippen molar-refractivity contribution < 1.29 is 14.7 Å². The Morgan fingerprint density at radius 2 is 1.44 bits per heavy atom. The number of benzene rings is 3. The van der Waals surface area contributed by atoms with Gasteiger partial charge in [0.05, 0.1) is 5.97 Å². The van der Waals surface area contributed by atoms with Gasteiger partial charge in [0, 0.05) is 37.4 Å². The molecule has 0 spiro atoms. The Labute approximate surface area is 157 Å². The predicted molar refractivity (Wildman–Crippen MR) is 103 cm³/mol. The van der Waals surface area contributed by atoms with Crippen LogP contribution >= 0.6 is 0 Å². The molecule has 1 fully saturated rings. The third-order valence-corrected chi connectivity index (χ3v) is 5.01. The second-order valence-electron chi connectivity index (χ2n) is 6.68. The number of nitrogens with zero attached hydrogens (tertiary/aromatic N) is 2. The summed E-state index contributed by atoms with van der Waals surface area (Å²) in [5.41, 5.74) is 1.56. The van der Waals surface area contributed by atoms with E-state index in [0.29, 0.717) is 18.7 Å². The van der Waals surface area contributed by atoms with Crippen molar-refractivity contribution in [1.82, 2.24) is 4.90 Å². The highest BCUT2D eigenvalue weighted by Crippen LogP contribution is 2.23. The monoisotopic (exact) mass is 359 g/mol. The van der Waals surface area contributed by atoms with Crippen molar-refractivity contribution in [3.63, 3.8) is 0 Å². The van der Waals surface area contributed by atoms with Crippen LogP contribution in [0.2, 0.25) is 0 Å². The molecular formula is C22H19N2O3-. The third-order valence-electron chi connectivity index (χ3n) is 5.01. The first-order chi connectivity index (χ1) is 13.1. The summed E-state index contributed by atoms with van der Waals surface area (Å²) >= 11 is 0. The van der Waals surface area contributed by atoms with Gasteiger partial charge in [-0.1, -0.05) is 42.5 Å². The van der Waals surface area contributed by atoms with Crippen molar-refractivity contribution in [2.75, 3.05) is 31.1 Å². The molecule has 1 heterocycles. The molecule has 0 aromatic heterocycles. The Balaban J connectivity index is 1.45. The molecular weight excluding hydrogens is 340 g/mol. The fourth-order valence-corrected chi connectivity index (χ4v) is 3.50. The van der Waals surface area contributed by atoms with Crippen molar-refractivity contribution in [2.45, 2.75) is 0 Å². The second kappa shape index (κ2) is 7.11. The van der Waals surface area contributed by atoms with E-state index in [1.54, 1.807) is 17.0 Å². The molecule has 0 saturated carbocycles. The maximum absolute atomic E-state index is 12.7. The van der Waals surface area contributed by atoms with Crippen LogP contribution in [0.3, 0.4) is 0 Å². The molecule has 1 aliphatic rings. The molecule has 0 N–H and O–H groups in total. The summed E-state index contributed by atoms with van der Waals surface area (Å²) in [4.78, 5) is 27.7. The van der Waals surface area contributed by atoms with Crippen LogP contribution in [0.5, 0.6) is 0 Å². The Bertz CT molecular complexity index is 1010. The zero-order valence-electron chi connectivity index (χ0n) is 14.8. The van der Waals surface area contributed by atoms with Crippen LogP contribution in [0.4, 0.5) is 5.69 Å².